The van der Waals surface area contributed by atoms with E-state index in [9.17, 15) is 4.79 Å². The van der Waals surface area contributed by atoms with Crippen LogP contribution in [-0.4, -0.2) is 57.4 Å². The van der Waals surface area contributed by atoms with E-state index in [0.717, 1.165) is 54.0 Å². The zero-order valence-corrected chi connectivity index (χ0v) is 19.7. The summed E-state index contributed by atoms with van der Waals surface area (Å²) >= 11 is 0. The minimum absolute atomic E-state index is 0.0238. The number of hydrogen-bond acceptors (Lipinski definition) is 6. The van der Waals surface area contributed by atoms with E-state index in [0.29, 0.717) is 25.5 Å². The number of carbonyl (C=O) groups is 1. The molecular weight excluding hydrogens is 432 g/mol. The molecule has 3 aromatic rings. The first-order valence-corrected chi connectivity index (χ1v) is 12.1. The predicted octanol–water partition coefficient (Wildman–Crippen LogP) is 3.89. The number of carbonyl (C=O) groups excluding carboxylic acids is 1. The molecule has 1 aliphatic carbocycles. The van der Waals surface area contributed by atoms with Crippen LogP contribution in [0.2, 0.25) is 0 Å². The molecule has 7 heteroatoms. The number of fused-ring (bicyclic) bond motifs is 3. The average molecular weight is 465 g/mol. The fraction of sp³-hybridized carbons (Fsp3) is 0.444. The van der Waals surface area contributed by atoms with E-state index < -0.39 is 0 Å². The Morgan fingerprint density at radius 1 is 1.06 bits per heavy atom. The first-order valence-electron chi connectivity index (χ1n) is 12.1. The molecule has 1 aromatic heterocycles. The summed E-state index contributed by atoms with van der Waals surface area (Å²) in [5, 5.41) is 4.17. The van der Waals surface area contributed by atoms with E-state index >= 15 is 0 Å². The Balaban J connectivity index is 1.21. The maximum atomic E-state index is 12.7. The lowest BCUT2D eigenvalue weighted by Gasteiger charge is -2.35. The number of hydrogen-bond donors (Lipinski definition) is 1. The Labute approximate surface area is 200 Å². The number of nitrogens with zero attached hydrogens (tertiary/aromatic N) is 1. The number of ether oxygens (including phenoxy) is 3. The van der Waals surface area contributed by atoms with E-state index in [1.165, 1.54) is 18.4 Å². The molecule has 0 spiro atoms. The average Bonchev–Trinajstić information content (AvgIpc) is 3.26. The lowest BCUT2D eigenvalue weighted by molar-refractivity contribution is -0.123. The van der Waals surface area contributed by atoms with Crippen molar-refractivity contribution in [1.29, 1.82) is 0 Å². The lowest BCUT2D eigenvalue weighted by atomic mass is 9.96. The Hall–Kier alpha value is -3.03. The van der Waals surface area contributed by atoms with Gasteiger partial charge in [0.05, 0.1) is 26.4 Å². The highest BCUT2D eigenvalue weighted by Crippen LogP contribution is 2.34. The topological polar surface area (TPSA) is 73.2 Å². The summed E-state index contributed by atoms with van der Waals surface area (Å²) in [7, 11) is 1.66. The highest BCUT2D eigenvalue weighted by Gasteiger charge is 2.23. The molecule has 0 bridgehead atoms. The van der Waals surface area contributed by atoms with Crippen molar-refractivity contribution in [2.75, 3.05) is 46.6 Å². The highest BCUT2D eigenvalue weighted by molar-refractivity contribution is 5.84. The molecule has 2 aliphatic rings. The molecule has 0 saturated carbocycles. The van der Waals surface area contributed by atoms with Gasteiger partial charge in [-0.2, -0.15) is 0 Å². The van der Waals surface area contributed by atoms with Gasteiger partial charge in [-0.15, -0.1) is 0 Å². The molecule has 0 radical (unpaired) electrons. The number of aryl methyl sites for hydroxylation is 2. The monoisotopic (exact) mass is 464 g/mol. The van der Waals surface area contributed by atoms with E-state index in [1.54, 1.807) is 7.11 Å². The van der Waals surface area contributed by atoms with Crippen LogP contribution in [0.4, 0.5) is 0 Å². The maximum Gasteiger partial charge on any atom is 0.258 e. The third-order valence-electron chi connectivity index (χ3n) is 6.78. The van der Waals surface area contributed by atoms with E-state index in [1.807, 2.05) is 30.3 Å². The van der Waals surface area contributed by atoms with Crippen LogP contribution in [-0.2, 0) is 22.4 Å². The van der Waals surface area contributed by atoms with Gasteiger partial charge in [0.15, 0.2) is 6.61 Å². The van der Waals surface area contributed by atoms with Gasteiger partial charge in [0.1, 0.15) is 22.8 Å². The molecule has 7 nitrogen and oxygen atoms in total. The number of methoxy groups -OCH3 is 1. The van der Waals surface area contributed by atoms with Crippen molar-refractivity contribution in [3.63, 3.8) is 0 Å². The van der Waals surface area contributed by atoms with E-state index in [4.69, 9.17) is 18.6 Å². The summed E-state index contributed by atoms with van der Waals surface area (Å²) < 4.78 is 22.7. The fourth-order valence-electron chi connectivity index (χ4n) is 4.91. The zero-order chi connectivity index (χ0) is 23.3. The molecule has 1 saturated heterocycles. The number of benzene rings is 2. The predicted molar refractivity (Wildman–Crippen MR) is 129 cm³/mol. The second kappa shape index (κ2) is 10.5. The van der Waals surface area contributed by atoms with Crippen molar-refractivity contribution in [3.05, 3.63) is 59.4 Å². The third-order valence-corrected chi connectivity index (χ3v) is 6.78. The van der Waals surface area contributed by atoms with Gasteiger partial charge in [0.25, 0.3) is 5.91 Å². The molecule has 1 unspecified atom stereocenters. The molecule has 180 valence electrons. The number of rotatable bonds is 8. The van der Waals surface area contributed by atoms with Crippen LogP contribution in [0.3, 0.4) is 0 Å². The third kappa shape index (κ3) is 5.05. The summed E-state index contributed by atoms with van der Waals surface area (Å²) in [5.74, 6) is 2.47. The molecule has 2 heterocycles. The van der Waals surface area contributed by atoms with Gasteiger partial charge in [-0.05, 0) is 55.2 Å². The fourth-order valence-corrected chi connectivity index (χ4v) is 4.91. The Morgan fingerprint density at radius 3 is 2.62 bits per heavy atom. The smallest absolute Gasteiger partial charge is 0.258 e. The van der Waals surface area contributed by atoms with Crippen molar-refractivity contribution in [2.24, 2.45) is 0 Å². The summed E-state index contributed by atoms with van der Waals surface area (Å²) in [6.07, 6.45) is 4.41. The number of amides is 1. The van der Waals surface area contributed by atoms with Gasteiger partial charge in [-0.25, -0.2) is 0 Å². The summed E-state index contributed by atoms with van der Waals surface area (Å²) in [5.41, 5.74) is 3.33. The SMILES string of the molecule is COc1ccc(C(CNC(=O)COc2ccc3oc4c(c3c2)CCCC4)N2CCOCC2)cc1. The first-order chi connectivity index (χ1) is 16.7. The van der Waals surface area contributed by atoms with E-state index in [2.05, 4.69) is 22.3 Å². The highest BCUT2D eigenvalue weighted by atomic mass is 16.5. The minimum atomic E-state index is -0.138. The molecule has 1 atom stereocenters. The standard InChI is InChI=1S/C27H32N2O5/c1-31-20-8-6-19(7-9-20)24(29-12-14-32-15-13-29)17-28-27(30)18-33-21-10-11-26-23(16-21)22-4-2-3-5-25(22)34-26/h6-11,16,24H,2-5,12-15,17-18H2,1H3,(H,28,30). The summed E-state index contributed by atoms with van der Waals surface area (Å²) in [6, 6.07) is 13.9. The van der Waals surface area contributed by atoms with Crippen molar-refractivity contribution in [1.82, 2.24) is 10.2 Å². The first kappa shape index (κ1) is 22.7. The summed E-state index contributed by atoms with van der Waals surface area (Å²) in [4.78, 5) is 15.0. The van der Waals surface area contributed by atoms with Crippen LogP contribution >= 0.6 is 0 Å². The Kier molecular flexibility index (Phi) is 7.02. The van der Waals surface area contributed by atoms with Crippen molar-refractivity contribution >= 4 is 16.9 Å². The molecule has 1 aliphatic heterocycles. The maximum absolute atomic E-state index is 12.7. The second-order valence-corrected chi connectivity index (χ2v) is 8.90. The Bertz CT molecular complexity index is 1120. The van der Waals surface area contributed by atoms with Crippen LogP contribution in [0, 0.1) is 0 Å². The van der Waals surface area contributed by atoms with Crippen molar-refractivity contribution < 1.29 is 23.4 Å². The van der Waals surface area contributed by atoms with Gasteiger partial charge in [-0.3, -0.25) is 9.69 Å². The van der Waals surface area contributed by atoms with Crippen LogP contribution in [0.5, 0.6) is 11.5 Å². The van der Waals surface area contributed by atoms with E-state index in [-0.39, 0.29) is 18.6 Å². The normalized spacial score (nSPS) is 17.2. The quantitative estimate of drug-likeness (QED) is 0.545. The number of furan rings is 1. The number of morpholine rings is 1. The van der Waals surface area contributed by atoms with Crippen molar-refractivity contribution in [3.8, 4) is 11.5 Å². The lowest BCUT2D eigenvalue weighted by Crippen LogP contribution is -2.44. The molecule has 5 rings (SSSR count). The Morgan fingerprint density at radius 2 is 1.82 bits per heavy atom. The molecule has 34 heavy (non-hydrogen) atoms. The van der Waals surface area contributed by atoms with Crippen molar-refractivity contribution in [2.45, 2.75) is 31.7 Å². The number of nitrogens with one attached hydrogen (secondary N) is 1. The zero-order valence-electron chi connectivity index (χ0n) is 19.7. The van der Waals surface area contributed by atoms with Crippen LogP contribution in [0.15, 0.2) is 46.9 Å². The van der Waals surface area contributed by atoms with Crippen LogP contribution in [0.1, 0.15) is 35.8 Å². The van der Waals surface area contributed by atoms with Gasteiger partial charge < -0.3 is 23.9 Å². The molecule has 1 amide bonds. The van der Waals surface area contributed by atoms with Gasteiger partial charge in [0.2, 0.25) is 0 Å². The largest absolute Gasteiger partial charge is 0.497 e. The molecule has 1 fully saturated rings. The van der Waals surface area contributed by atoms with Crippen LogP contribution in [0.25, 0.3) is 11.0 Å². The van der Waals surface area contributed by atoms with Crippen LogP contribution < -0.4 is 14.8 Å². The van der Waals surface area contributed by atoms with Gasteiger partial charge in [-0.1, -0.05) is 12.1 Å². The second-order valence-electron chi connectivity index (χ2n) is 8.90. The molecule has 2 aromatic carbocycles. The van der Waals surface area contributed by atoms with Gasteiger partial charge in [0, 0.05) is 37.0 Å². The minimum Gasteiger partial charge on any atom is -0.497 e. The summed E-state index contributed by atoms with van der Waals surface area (Å²) in [6.45, 7) is 3.54. The molecule has 1 N–H and O–H groups in total. The molecular formula is C27H32N2O5. The van der Waals surface area contributed by atoms with Gasteiger partial charge >= 0.3 is 0 Å².